The molecule has 4 saturated carbocycles. The summed E-state index contributed by atoms with van der Waals surface area (Å²) in [5.41, 5.74) is -14.7. The third-order valence-electron chi connectivity index (χ3n) is 14.3. The van der Waals surface area contributed by atoms with Gasteiger partial charge in [0.2, 0.25) is 0 Å². The molecule has 2 saturated heterocycles. The van der Waals surface area contributed by atoms with Gasteiger partial charge in [0.15, 0.2) is 23.6 Å². The van der Waals surface area contributed by atoms with E-state index in [0.717, 1.165) is 20.8 Å². The van der Waals surface area contributed by atoms with Crippen LogP contribution in [0.25, 0.3) is 0 Å². The number of carbonyl (C=O) groups excluding carboxylic acids is 5. The van der Waals surface area contributed by atoms with Gasteiger partial charge in [-0.1, -0.05) is 27.7 Å². The van der Waals surface area contributed by atoms with Gasteiger partial charge in [-0.05, 0) is 24.8 Å². The minimum Gasteiger partial charge on any atom is -0.472 e. The average Bonchev–Trinajstić information content (AvgIpc) is 3.87. The molecule has 16 heteroatoms. The number of carbonyl (C=O) groups is 5. The fraction of sp³-hybridized carbons (Fsp3) is 0.757. The molecule has 3 heterocycles. The maximum atomic E-state index is 14.2. The number of furan rings is 1. The largest absolute Gasteiger partial charge is 0.472 e. The van der Waals surface area contributed by atoms with E-state index in [1.54, 1.807) is 26.8 Å². The molecule has 16 nitrogen and oxygen atoms in total. The summed E-state index contributed by atoms with van der Waals surface area (Å²) in [5, 5.41) is 41.0. The van der Waals surface area contributed by atoms with Crippen molar-refractivity contribution in [3.05, 3.63) is 24.2 Å². The lowest BCUT2D eigenvalue weighted by Gasteiger charge is -2.77. The highest BCUT2D eigenvalue weighted by Gasteiger charge is 3.03. The first-order chi connectivity index (χ1) is 24.6. The van der Waals surface area contributed by atoms with Crippen LogP contribution in [0.3, 0.4) is 0 Å². The second kappa shape index (κ2) is 11.2. The zero-order valence-corrected chi connectivity index (χ0v) is 31.3. The van der Waals surface area contributed by atoms with Crippen molar-refractivity contribution in [2.24, 2.45) is 28.1 Å². The Morgan fingerprint density at radius 3 is 2.08 bits per heavy atom. The summed E-state index contributed by atoms with van der Waals surface area (Å²) in [6, 6.07) is 1.55. The van der Waals surface area contributed by atoms with Crippen molar-refractivity contribution in [2.45, 2.75) is 140 Å². The quantitative estimate of drug-likeness (QED) is 0.242. The lowest BCUT2D eigenvalue weighted by molar-refractivity contribution is -0.440. The first-order valence-electron chi connectivity index (χ1n) is 17.9. The molecule has 1 aromatic rings. The topological polar surface area (TPSA) is 224 Å². The number of rotatable bonds is 9. The Hall–Kier alpha value is -3.57. The molecular weight excluding hydrogens is 700 g/mol. The van der Waals surface area contributed by atoms with Crippen LogP contribution in [-0.2, 0) is 57.1 Å². The van der Waals surface area contributed by atoms with Gasteiger partial charge in [-0.2, -0.15) is 0 Å². The van der Waals surface area contributed by atoms with Crippen LogP contribution in [0.15, 0.2) is 23.0 Å². The summed E-state index contributed by atoms with van der Waals surface area (Å²) in [6.07, 6.45) is -6.12. The van der Waals surface area contributed by atoms with Crippen LogP contribution in [0.4, 0.5) is 0 Å². The number of aliphatic hydroxyl groups is 3. The van der Waals surface area contributed by atoms with E-state index in [9.17, 15) is 39.3 Å². The molecule has 0 amide bonds. The van der Waals surface area contributed by atoms with Crippen LogP contribution in [0.2, 0.25) is 0 Å². The fourth-order valence-corrected chi connectivity index (χ4v) is 12.6. The number of ether oxygens (including phenoxy) is 7. The molecule has 1 unspecified atom stereocenters. The molecule has 6 fully saturated rings. The van der Waals surface area contributed by atoms with Crippen molar-refractivity contribution in [1.29, 1.82) is 0 Å². The third kappa shape index (κ3) is 4.06. The van der Waals surface area contributed by atoms with Crippen LogP contribution in [0, 0.1) is 28.1 Å². The molecule has 3 N–H and O–H groups in total. The van der Waals surface area contributed by atoms with E-state index < -0.39 is 123 Å². The van der Waals surface area contributed by atoms with Gasteiger partial charge in [0.25, 0.3) is 0 Å². The Kier molecular flexibility index (Phi) is 8.01. The summed E-state index contributed by atoms with van der Waals surface area (Å²) in [5.74, 6) is -7.91. The minimum atomic E-state index is -2.66. The number of esters is 5. The van der Waals surface area contributed by atoms with E-state index in [2.05, 4.69) is 0 Å². The fourth-order valence-electron chi connectivity index (χ4n) is 12.6. The first-order valence-corrected chi connectivity index (χ1v) is 17.9. The van der Waals surface area contributed by atoms with Gasteiger partial charge in [-0.25, -0.2) is 0 Å². The second-order valence-corrected chi connectivity index (χ2v) is 16.5. The summed E-state index contributed by atoms with van der Waals surface area (Å²) >= 11 is 0. The second-order valence-electron chi connectivity index (χ2n) is 16.5. The lowest BCUT2D eigenvalue weighted by Crippen LogP contribution is -2.96. The predicted molar refractivity (Wildman–Crippen MR) is 174 cm³/mol. The molecule has 6 aliphatic rings. The van der Waals surface area contributed by atoms with E-state index in [1.807, 2.05) is 0 Å². The Morgan fingerprint density at radius 1 is 0.925 bits per heavy atom. The SMILES string of the molecule is CCC12C[C@@H]3[C@](C)([C@@H](OC(C)=O)c4ccoc4)[C@@H](OC(C)=O)[C@@H](OC(C)=O)[C@@]4(O)[C@]3(O1)[C@H](O2)[C@@]1(O)[C@@H](OC(C)=O)[C@@]2(C)C[C@@]1(O)[C@@]4(C)[C@H]2CC(=O)OC. The van der Waals surface area contributed by atoms with E-state index >= 15 is 0 Å². The molecule has 53 heavy (non-hydrogen) atoms. The molecule has 15 atom stereocenters. The van der Waals surface area contributed by atoms with E-state index in [-0.39, 0.29) is 19.3 Å². The maximum absolute atomic E-state index is 14.2. The molecular formula is C37H48O16. The van der Waals surface area contributed by atoms with Gasteiger partial charge in [0.1, 0.15) is 35.1 Å². The van der Waals surface area contributed by atoms with Crippen molar-refractivity contribution in [2.75, 3.05) is 7.11 Å². The van der Waals surface area contributed by atoms with Crippen LogP contribution in [0.5, 0.6) is 0 Å². The molecule has 4 aliphatic carbocycles. The third-order valence-corrected chi connectivity index (χ3v) is 14.3. The van der Waals surface area contributed by atoms with Crippen molar-refractivity contribution < 1.29 is 76.9 Å². The van der Waals surface area contributed by atoms with Crippen LogP contribution >= 0.6 is 0 Å². The van der Waals surface area contributed by atoms with Gasteiger partial charge >= 0.3 is 29.8 Å². The van der Waals surface area contributed by atoms with Gasteiger partial charge in [-0.15, -0.1) is 0 Å². The van der Waals surface area contributed by atoms with Gasteiger partial charge in [0, 0.05) is 62.8 Å². The molecule has 0 aromatic carbocycles. The van der Waals surface area contributed by atoms with Crippen LogP contribution in [-0.4, -0.2) is 105 Å². The highest BCUT2D eigenvalue weighted by atomic mass is 16.8. The first kappa shape index (κ1) is 37.7. The number of hydrogen-bond donors (Lipinski definition) is 3. The minimum absolute atomic E-state index is 0.0409. The zero-order chi connectivity index (χ0) is 39.1. The van der Waals surface area contributed by atoms with E-state index in [0.29, 0.717) is 5.56 Å². The normalized spacial score (nSPS) is 48.8. The van der Waals surface area contributed by atoms with Crippen LogP contribution in [0.1, 0.15) is 92.7 Å². The van der Waals surface area contributed by atoms with E-state index in [4.69, 9.17) is 37.6 Å². The van der Waals surface area contributed by atoms with Gasteiger partial charge in [0.05, 0.1) is 25.1 Å². The highest BCUT2D eigenvalue weighted by Crippen LogP contribution is 2.87. The summed E-state index contributed by atoms with van der Waals surface area (Å²) in [7, 11) is 1.17. The molecule has 2 aliphatic heterocycles. The molecule has 0 radical (unpaired) electrons. The molecule has 7 rings (SSSR count). The predicted octanol–water partition coefficient (Wildman–Crippen LogP) is 1.80. The smallest absolute Gasteiger partial charge is 0.305 e. The Bertz CT molecular complexity index is 1760. The maximum Gasteiger partial charge on any atom is 0.305 e. The van der Waals surface area contributed by atoms with Crippen molar-refractivity contribution in [3.8, 4) is 0 Å². The highest BCUT2D eigenvalue weighted by molar-refractivity contribution is 5.72. The van der Waals surface area contributed by atoms with Crippen LogP contribution < -0.4 is 0 Å². The molecule has 1 spiro atoms. The Balaban J connectivity index is 1.64. The average molecular weight is 749 g/mol. The van der Waals surface area contributed by atoms with Crippen molar-refractivity contribution in [1.82, 2.24) is 0 Å². The zero-order valence-electron chi connectivity index (χ0n) is 31.3. The lowest BCUT2D eigenvalue weighted by atomic mass is 9.32. The van der Waals surface area contributed by atoms with Gasteiger partial charge in [-0.3, -0.25) is 24.0 Å². The molecule has 1 aromatic heterocycles. The summed E-state index contributed by atoms with van der Waals surface area (Å²) < 4.78 is 48.6. The number of fused-ring (bicyclic) bond motifs is 4. The number of hydrogen-bond acceptors (Lipinski definition) is 16. The number of methoxy groups -OCH3 is 1. The standard InChI is InChI=1S/C37H48O16/c1-10-33-14-23-31(7,25(48-17(2)38)21-11-12-47-15-21)26(49-18(3)39)27(50-19(4)40)37(45)32(8)22(13-24(42)46-9)30(6)16-34(32,43)35(44,28(30)51-20(5)41)29(52-33)36(23,37)53-33/h11-12,15,22-23,25-29,43-45H,10,13-14,16H2,1-9H3/t22-,23+,25-,26-,27+,28-,29+,30-,31+,32+,33?,34+,35-,36+,37-/m0/s1. The Labute approximate surface area is 305 Å². The molecule has 292 valence electrons. The van der Waals surface area contributed by atoms with Gasteiger partial charge < -0.3 is 52.9 Å². The van der Waals surface area contributed by atoms with Crippen molar-refractivity contribution >= 4 is 29.8 Å². The summed E-state index contributed by atoms with van der Waals surface area (Å²) in [4.78, 5) is 65.7. The summed E-state index contributed by atoms with van der Waals surface area (Å²) in [6.45, 7) is 11.1. The molecule has 4 bridgehead atoms. The van der Waals surface area contributed by atoms with Crippen molar-refractivity contribution in [3.63, 3.8) is 0 Å². The Morgan fingerprint density at radius 2 is 1.55 bits per heavy atom. The van der Waals surface area contributed by atoms with E-state index in [1.165, 1.54) is 33.5 Å². The monoisotopic (exact) mass is 748 g/mol.